The molecule has 1 saturated carbocycles. The van der Waals surface area contributed by atoms with Crippen molar-refractivity contribution in [3.63, 3.8) is 0 Å². The van der Waals surface area contributed by atoms with E-state index in [1.54, 1.807) is 12.3 Å². The third-order valence-corrected chi connectivity index (χ3v) is 3.27. The van der Waals surface area contributed by atoms with Gasteiger partial charge in [0, 0.05) is 11.7 Å². The van der Waals surface area contributed by atoms with Gasteiger partial charge in [-0.15, -0.1) is 0 Å². The summed E-state index contributed by atoms with van der Waals surface area (Å²) in [4.78, 5) is 4.23. The number of aromatic nitrogens is 1. The highest BCUT2D eigenvalue weighted by molar-refractivity contribution is 5.42. The molecule has 0 bridgehead atoms. The molecule has 1 N–H and O–H groups in total. The van der Waals surface area contributed by atoms with Gasteiger partial charge < -0.3 is 5.32 Å². The van der Waals surface area contributed by atoms with E-state index in [-0.39, 0.29) is 5.54 Å². The van der Waals surface area contributed by atoms with E-state index in [9.17, 15) is 0 Å². The van der Waals surface area contributed by atoms with E-state index in [1.807, 2.05) is 6.07 Å². The molecule has 15 heavy (non-hydrogen) atoms. The van der Waals surface area contributed by atoms with Gasteiger partial charge in [0.2, 0.25) is 0 Å². The number of nitrogens with zero attached hydrogens (tertiary/aromatic N) is 2. The van der Waals surface area contributed by atoms with Gasteiger partial charge in [0.1, 0.15) is 11.9 Å². The Hall–Kier alpha value is -1.56. The van der Waals surface area contributed by atoms with Gasteiger partial charge in [-0.2, -0.15) is 5.26 Å². The van der Waals surface area contributed by atoms with E-state index in [0.717, 1.165) is 12.2 Å². The Bertz CT molecular complexity index is 365. The molecule has 0 saturated heterocycles. The maximum atomic E-state index is 8.65. The maximum absolute atomic E-state index is 8.65. The van der Waals surface area contributed by atoms with Crippen LogP contribution >= 0.6 is 0 Å². The third kappa shape index (κ3) is 1.94. The lowest BCUT2D eigenvalue weighted by atomic mass is 9.75. The van der Waals surface area contributed by atoms with Crippen molar-refractivity contribution in [1.82, 2.24) is 4.98 Å². The second-order valence-corrected chi connectivity index (χ2v) is 4.16. The predicted octanol–water partition coefficient (Wildman–Crippen LogP) is 2.70. The van der Waals surface area contributed by atoms with Crippen molar-refractivity contribution in [1.29, 1.82) is 5.26 Å². The first kappa shape index (κ1) is 9.97. The van der Waals surface area contributed by atoms with E-state index >= 15 is 0 Å². The smallest absolute Gasteiger partial charge is 0.126 e. The molecule has 2 rings (SSSR count). The lowest BCUT2D eigenvalue weighted by Gasteiger charge is -2.42. The van der Waals surface area contributed by atoms with Crippen molar-refractivity contribution in [3.05, 3.63) is 23.9 Å². The van der Waals surface area contributed by atoms with Crippen LogP contribution in [0.4, 0.5) is 5.82 Å². The molecular formula is C12H15N3. The first-order valence-electron chi connectivity index (χ1n) is 5.42. The summed E-state index contributed by atoms with van der Waals surface area (Å²) in [6.45, 7) is 2.20. The highest BCUT2D eigenvalue weighted by atomic mass is 15.1. The topological polar surface area (TPSA) is 48.7 Å². The Morgan fingerprint density at radius 1 is 1.53 bits per heavy atom. The quantitative estimate of drug-likeness (QED) is 0.818. The summed E-state index contributed by atoms with van der Waals surface area (Å²) in [6, 6.07) is 5.75. The molecule has 0 unspecified atom stereocenters. The molecule has 0 amide bonds. The minimum atomic E-state index is 0.265. The number of nitriles is 1. The number of nitrogens with one attached hydrogen (secondary N) is 1. The van der Waals surface area contributed by atoms with Crippen molar-refractivity contribution >= 4 is 5.82 Å². The molecule has 1 aromatic rings. The minimum absolute atomic E-state index is 0.265. The second-order valence-electron chi connectivity index (χ2n) is 4.16. The number of hydrogen-bond donors (Lipinski definition) is 1. The van der Waals surface area contributed by atoms with Crippen LogP contribution in [-0.2, 0) is 0 Å². The summed E-state index contributed by atoms with van der Waals surface area (Å²) in [5.41, 5.74) is 0.876. The zero-order valence-electron chi connectivity index (χ0n) is 8.95. The number of rotatable bonds is 3. The summed E-state index contributed by atoms with van der Waals surface area (Å²) in [5, 5.41) is 12.1. The van der Waals surface area contributed by atoms with Crippen molar-refractivity contribution in [2.75, 3.05) is 5.32 Å². The number of anilines is 1. The Morgan fingerprint density at radius 2 is 2.33 bits per heavy atom. The molecule has 1 aliphatic rings. The largest absolute Gasteiger partial charge is 0.365 e. The molecule has 1 fully saturated rings. The van der Waals surface area contributed by atoms with Gasteiger partial charge in [0.15, 0.2) is 0 Å². The summed E-state index contributed by atoms with van der Waals surface area (Å²) < 4.78 is 0. The van der Waals surface area contributed by atoms with Gasteiger partial charge >= 0.3 is 0 Å². The highest BCUT2D eigenvalue weighted by Crippen LogP contribution is 2.37. The van der Waals surface area contributed by atoms with Crippen molar-refractivity contribution < 1.29 is 0 Å². The lowest BCUT2D eigenvalue weighted by Crippen LogP contribution is -2.44. The van der Waals surface area contributed by atoms with Crippen LogP contribution in [0.25, 0.3) is 0 Å². The standard InChI is InChI=1S/C12H15N3/c1-2-12(6-3-7-12)15-11-5-4-10(8-13)9-14-11/h4-5,9H,2-3,6-7H2,1H3,(H,14,15). The van der Waals surface area contributed by atoms with Gasteiger partial charge in [-0.1, -0.05) is 6.92 Å². The lowest BCUT2D eigenvalue weighted by molar-refractivity contribution is 0.269. The molecule has 1 heterocycles. The fraction of sp³-hybridized carbons (Fsp3) is 0.500. The van der Waals surface area contributed by atoms with Crippen LogP contribution < -0.4 is 5.32 Å². The molecule has 0 atom stereocenters. The predicted molar refractivity (Wildman–Crippen MR) is 59.4 cm³/mol. The van der Waals surface area contributed by atoms with Crippen LogP contribution in [0.2, 0.25) is 0 Å². The van der Waals surface area contributed by atoms with Crippen LogP contribution in [0.15, 0.2) is 18.3 Å². The van der Waals surface area contributed by atoms with Crippen molar-refractivity contribution in [3.8, 4) is 6.07 Å². The van der Waals surface area contributed by atoms with Crippen molar-refractivity contribution in [2.45, 2.75) is 38.1 Å². The number of hydrogen-bond acceptors (Lipinski definition) is 3. The van der Waals surface area contributed by atoms with Gasteiger partial charge in [0.05, 0.1) is 5.56 Å². The van der Waals surface area contributed by atoms with E-state index in [1.165, 1.54) is 19.3 Å². The summed E-state index contributed by atoms with van der Waals surface area (Å²) >= 11 is 0. The molecular weight excluding hydrogens is 186 g/mol. The molecule has 0 radical (unpaired) electrons. The number of pyridine rings is 1. The van der Waals surface area contributed by atoms with Gasteiger partial charge in [-0.25, -0.2) is 4.98 Å². The van der Waals surface area contributed by atoms with Crippen molar-refractivity contribution in [2.24, 2.45) is 0 Å². The zero-order valence-corrected chi connectivity index (χ0v) is 8.95. The van der Waals surface area contributed by atoms with Crippen LogP contribution in [0.5, 0.6) is 0 Å². The van der Waals surface area contributed by atoms with E-state index < -0.39 is 0 Å². The molecule has 78 valence electrons. The van der Waals surface area contributed by atoms with Crippen LogP contribution in [0, 0.1) is 11.3 Å². The fourth-order valence-electron chi connectivity index (χ4n) is 1.98. The Labute approximate surface area is 90.1 Å². The third-order valence-electron chi connectivity index (χ3n) is 3.27. The summed E-state index contributed by atoms with van der Waals surface area (Å²) in [7, 11) is 0. The summed E-state index contributed by atoms with van der Waals surface area (Å²) in [6.07, 6.45) is 6.51. The first-order chi connectivity index (χ1) is 7.28. The van der Waals surface area contributed by atoms with Crippen LogP contribution in [-0.4, -0.2) is 10.5 Å². The summed E-state index contributed by atoms with van der Waals surface area (Å²) in [5.74, 6) is 0.885. The molecule has 3 heteroatoms. The van der Waals surface area contributed by atoms with E-state index in [2.05, 4.69) is 23.3 Å². The normalized spacial score (nSPS) is 17.6. The second kappa shape index (κ2) is 3.90. The molecule has 0 aliphatic heterocycles. The zero-order chi connectivity index (χ0) is 10.7. The average Bonchev–Trinajstić information content (AvgIpc) is 2.24. The Kier molecular flexibility index (Phi) is 2.59. The molecule has 0 spiro atoms. The SMILES string of the molecule is CCC1(Nc2ccc(C#N)cn2)CCC1. The van der Waals surface area contributed by atoms with Gasteiger partial charge in [0.25, 0.3) is 0 Å². The molecule has 1 aromatic heterocycles. The Morgan fingerprint density at radius 3 is 2.73 bits per heavy atom. The van der Waals surface area contributed by atoms with E-state index in [0.29, 0.717) is 5.56 Å². The molecule has 3 nitrogen and oxygen atoms in total. The highest BCUT2D eigenvalue weighted by Gasteiger charge is 2.34. The molecule has 0 aromatic carbocycles. The fourth-order valence-corrected chi connectivity index (χ4v) is 1.98. The van der Waals surface area contributed by atoms with Gasteiger partial charge in [-0.05, 0) is 37.8 Å². The van der Waals surface area contributed by atoms with Crippen LogP contribution in [0.1, 0.15) is 38.2 Å². The van der Waals surface area contributed by atoms with E-state index in [4.69, 9.17) is 5.26 Å². The minimum Gasteiger partial charge on any atom is -0.365 e. The Balaban J connectivity index is 2.08. The first-order valence-corrected chi connectivity index (χ1v) is 5.42. The van der Waals surface area contributed by atoms with Crippen LogP contribution in [0.3, 0.4) is 0 Å². The average molecular weight is 201 g/mol. The monoisotopic (exact) mass is 201 g/mol. The molecule has 1 aliphatic carbocycles. The maximum Gasteiger partial charge on any atom is 0.126 e. The van der Waals surface area contributed by atoms with Gasteiger partial charge in [-0.3, -0.25) is 0 Å².